The number of carboxylic acids is 1. The van der Waals surface area contributed by atoms with Gasteiger partial charge in [-0.15, -0.1) is 0 Å². The number of carboxylic acid groups (broad SMARTS) is 1. The van der Waals surface area contributed by atoms with E-state index in [1.165, 1.54) is 25.5 Å². The Bertz CT molecular complexity index is 535. The minimum absolute atomic E-state index is 0.0857. The van der Waals surface area contributed by atoms with Crippen LogP contribution in [0.3, 0.4) is 0 Å². The zero-order chi connectivity index (χ0) is 14.8. The zero-order valence-electron chi connectivity index (χ0n) is 12.1. The van der Waals surface area contributed by atoms with E-state index in [1.807, 2.05) is 0 Å². The van der Waals surface area contributed by atoms with E-state index in [0.717, 1.165) is 32.1 Å². The number of fused-ring (bicyclic) bond motifs is 1. The van der Waals surface area contributed by atoms with Crippen LogP contribution in [0.1, 0.15) is 35.2 Å². The molecular weight excluding hydrogens is 271 g/mol. The maximum atomic E-state index is 13.2. The second kappa shape index (κ2) is 6.12. The van der Waals surface area contributed by atoms with Crippen molar-refractivity contribution in [2.45, 2.75) is 31.8 Å². The van der Waals surface area contributed by atoms with Crippen LogP contribution in [0.25, 0.3) is 0 Å². The van der Waals surface area contributed by atoms with Crippen LogP contribution >= 0.6 is 0 Å². The van der Waals surface area contributed by atoms with Gasteiger partial charge in [0.05, 0.1) is 5.56 Å². The van der Waals surface area contributed by atoms with Crippen molar-refractivity contribution in [1.29, 1.82) is 0 Å². The molecule has 0 saturated carbocycles. The summed E-state index contributed by atoms with van der Waals surface area (Å²) in [6.07, 6.45) is 3.60. The predicted molar refractivity (Wildman–Crippen MR) is 77.8 cm³/mol. The Morgan fingerprint density at radius 1 is 1.29 bits per heavy atom. The van der Waals surface area contributed by atoms with E-state index >= 15 is 0 Å². The van der Waals surface area contributed by atoms with Crippen molar-refractivity contribution in [2.24, 2.45) is 0 Å². The van der Waals surface area contributed by atoms with Crippen molar-refractivity contribution in [3.05, 3.63) is 35.1 Å². The average molecular weight is 292 g/mol. The van der Waals surface area contributed by atoms with Crippen molar-refractivity contribution in [2.75, 3.05) is 26.2 Å². The van der Waals surface area contributed by atoms with Gasteiger partial charge in [0, 0.05) is 19.1 Å². The highest BCUT2D eigenvalue weighted by molar-refractivity contribution is 5.89. The summed E-state index contributed by atoms with van der Waals surface area (Å²) in [4.78, 5) is 16.1. The number of benzene rings is 1. The molecule has 0 spiro atoms. The molecule has 0 amide bonds. The molecule has 1 unspecified atom stereocenters. The predicted octanol–water partition coefficient (Wildman–Crippen LogP) is 2.19. The van der Waals surface area contributed by atoms with Crippen LogP contribution in [0, 0.1) is 5.82 Å². The number of hydrogen-bond acceptors (Lipinski definition) is 3. The van der Waals surface area contributed by atoms with Gasteiger partial charge in [0.1, 0.15) is 5.82 Å². The van der Waals surface area contributed by atoms with Gasteiger partial charge in [-0.3, -0.25) is 9.80 Å². The molecule has 1 aromatic rings. The Balaban J connectivity index is 1.75. The van der Waals surface area contributed by atoms with Gasteiger partial charge in [-0.05, 0) is 56.6 Å². The van der Waals surface area contributed by atoms with E-state index in [2.05, 4.69) is 9.80 Å². The Morgan fingerprint density at radius 2 is 2.10 bits per heavy atom. The molecule has 4 nitrogen and oxygen atoms in total. The van der Waals surface area contributed by atoms with Gasteiger partial charge in [0.25, 0.3) is 0 Å². The van der Waals surface area contributed by atoms with Crippen molar-refractivity contribution in [3.8, 4) is 0 Å². The summed E-state index contributed by atoms with van der Waals surface area (Å²) in [5.41, 5.74) is 0.790. The molecule has 5 heteroatoms. The highest BCUT2D eigenvalue weighted by atomic mass is 19.1. The first-order valence-corrected chi connectivity index (χ1v) is 7.61. The van der Waals surface area contributed by atoms with Gasteiger partial charge in [-0.25, -0.2) is 9.18 Å². The largest absolute Gasteiger partial charge is 0.478 e. The third-order valence-corrected chi connectivity index (χ3v) is 4.58. The fourth-order valence-electron chi connectivity index (χ4n) is 3.55. The molecule has 0 radical (unpaired) electrons. The van der Waals surface area contributed by atoms with E-state index in [4.69, 9.17) is 0 Å². The summed E-state index contributed by atoms with van der Waals surface area (Å²) in [5.74, 6) is -1.55. The van der Waals surface area contributed by atoms with Gasteiger partial charge in [-0.1, -0.05) is 6.07 Å². The molecule has 2 fully saturated rings. The molecule has 2 heterocycles. The van der Waals surface area contributed by atoms with E-state index in [9.17, 15) is 14.3 Å². The summed E-state index contributed by atoms with van der Waals surface area (Å²) < 4.78 is 13.2. The first-order chi connectivity index (χ1) is 10.1. The highest BCUT2D eigenvalue weighted by Crippen LogP contribution is 2.23. The number of nitrogens with zero attached hydrogens (tertiary/aromatic N) is 2. The van der Waals surface area contributed by atoms with Gasteiger partial charge >= 0.3 is 5.97 Å². The Kier molecular flexibility index (Phi) is 4.22. The van der Waals surface area contributed by atoms with Crippen molar-refractivity contribution in [3.63, 3.8) is 0 Å². The number of hydrogen-bond donors (Lipinski definition) is 1. The second-order valence-electron chi connectivity index (χ2n) is 6.03. The molecule has 0 bridgehead atoms. The number of rotatable bonds is 3. The van der Waals surface area contributed by atoms with E-state index in [0.29, 0.717) is 18.2 Å². The first kappa shape index (κ1) is 14.5. The zero-order valence-corrected chi connectivity index (χ0v) is 12.1. The lowest BCUT2D eigenvalue weighted by atomic mass is 10.1. The molecule has 2 aliphatic heterocycles. The van der Waals surface area contributed by atoms with Crippen molar-refractivity contribution < 1.29 is 14.3 Å². The molecule has 2 aliphatic rings. The standard InChI is InChI=1S/C16H21FN2O2/c17-13-5-4-12(15(9-13)16(20)21)10-18-6-2-8-19-7-1-3-14(19)11-18/h4-5,9,14H,1-3,6-8,10-11H2,(H,20,21). The lowest BCUT2D eigenvalue weighted by Crippen LogP contribution is -2.36. The number of halogens is 1. The van der Waals surface area contributed by atoms with Gasteiger partial charge < -0.3 is 5.11 Å². The third kappa shape index (κ3) is 3.24. The quantitative estimate of drug-likeness (QED) is 0.927. The monoisotopic (exact) mass is 292 g/mol. The molecule has 21 heavy (non-hydrogen) atoms. The van der Waals surface area contributed by atoms with E-state index < -0.39 is 11.8 Å². The molecule has 1 N–H and O–H groups in total. The Hall–Kier alpha value is -1.46. The van der Waals surface area contributed by atoms with E-state index in [-0.39, 0.29) is 5.56 Å². The Labute approximate surface area is 124 Å². The van der Waals surface area contributed by atoms with Crippen LogP contribution in [0.5, 0.6) is 0 Å². The first-order valence-electron chi connectivity index (χ1n) is 7.61. The van der Waals surface area contributed by atoms with Crippen LogP contribution < -0.4 is 0 Å². The maximum Gasteiger partial charge on any atom is 0.336 e. The number of aromatic carboxylic acids is 1. The van der Waals surface area contributed by atoms with Crippen molar-refractivity contribution in [1.82, 2.24) is 9.80 Å². The van der Waals surface area contributed by atoms with Gasteiger partial charge in [0.2, 0.25) is 0 Å². The minimum Gasteiger partial charge on any atom is -0.478 e. The van der Waals surface area contributed by atoms with Gasteiger partial charge in [0.15, 0.2) is 0 Å². The maximum absolute atomic E-state index is 13.2. The van der Waals surface area contributed by atoms with Crippen molar-refractivity contribution >= 4 is 5.97 Å². The molecule has 1 atom stereocenters. The fourth-order valence-corrected chi connectivity index (χ4v) is 3.55. The number of carbonyl (C=O) groups is 1. The summed E-state index contributed by atoms with van der Waals surface area (Å²) in [5, 5.41) is 9.23. The lowest BCUT2D eigenvalue weighted by Gasteiger charge is -2.26. The molecule has 114 valence electrons. The van der Waals surface area contributed by atoms with Crippen LogP contribution in [-0.4, -0.2) is 53.1 Å². The summed E-state index contributed by atoms with van der Waals surface area (Å²) >= 11 is 0. The molecule has 1 aromatic carbocycles. The lowest BCUT2D eigenvalue weighted by molar-refractivity contribution is 0.0693. The van der Waals surface area contributed by atoms with Crippen LogP contribution in [0.4, 0.5) is 4.39 Å². The van der Waals surface area contributed by atoms with Gasteiger partial charge in [-0.2, -0.15) is 0 Å². The minimum atomic E-state index is -1.05. The normalized spacial score (nSPS) is 23.8. The topological polar surface area (TPSA) is 43.8 Å². The summed E-state index contributed by atoms with van der Waals surface area (Å²) in [6, 6.07) is 4.68. The fraction of sp³-hybridized carbons (Fsp3) is 0.562. The smallest absolute Gasteiger partial charge is 0.336 e. The van der Waals surface area contributed by atoms with Crippen LogP contribution in [0.2, 0.25) is 0 Å². The molecular formula is C16H21FN2O2. The van der Waals surface area contributed by atoms with Crippen LogP contribution in [-0.2, 0) is 6.54 Å². The Morgan fingerprint density at radius 3 is 2.90 bits per heavy atom. The molecule has 2 saturated heterocycles. The highest BCUT2D eigenvalue weighted by Gasteiger charge is 2.29. The molecule has 0 aromatic heterocycles. The summed E-state index contributed by atoms with van der Waals surface area (Å²) in [6.45, 7) is 4.87. The van der Waals surface area contributed by atoms with Crippen LogP contribution in [0.15, 0.2) is 18.2 Å². The third-order valence-electron chi connectivity index (χ3n) is 4.58. The van der Waals surface area contributed by atoms with E-state index in [1.54, 1.807) is 6.07 Å². The molecule has 3 rings (SSSR count). The summed E-state index contributed by atoms with van der Waals surface area (Å²) in [7, 11) is 0. The SMILES string of the molecule is O=C(O)c1cc(F)ccc1CN1CCCN2CCCC2C1. The second-order valence-corrected chi connectivity index (χ2v) is 6.03. The average Bonchev–Trinajstić information content (AvgIpc) is 2.79. The molecule has 0 aliphatic carbocycles.